The van der Waals surface area contributed by atoms with E-state index < -0.39 is 11.7 Å². The van der Waals surface area contributed by atoms with Crippen LogP contribution in [0.2, 0.25) is 0 Å². The summed E-state index contributed by atoms with van der Waals surface area (Å²) in [6.45, 7) is 0.719. The summed E-state index contributed by atoms with van der Waals surface area (Å²) in [6.07, 6.45) is -3.06. The fourth-order valence-corrected chi connectivity index (χ4v) is 2.41. The van der Waals surface area contributed by atoms with E-state index in [4.69, 9.17) is 9.47 Å². The van der Waals surface area contributed by atoms with Crippen LogP contribution in [0, 0.1) is 0 Å². The lowest BCUT2D eigenvalue weighted by Crippen LogP contribution is -2.31. The maximum absolute atomic E-state index is 13.0. The Hall–Kier alpha value is -1.76. The zero-order valence-electron chi connectivity index (χ0n) is 11.7. The normalized spacial score (nSPS) is 18.6. The number of rotatable bonds is 4. The number of hydrogen-bond acceptors (Lipinski definition) is 4. The van der Waals surface area contributed by atoms with Crippen molar-refractivity contribution in [1.82, 2.24) is 5.32 Å². The lowest BCUT2D eigenvalue weighted by molar-refractivity contribution is -0.138. The standard InChI is InChI=1S/C14H16F3NO3/c1-20-11-7-9(14(15,16)17)12(21-2)6-8(11)13(19)10-4-3-5-18-10/h6-7,10,18H,3-5H2,1-2H3. The lowest BCUT2D eigenvalue weighted by Gasteiger charge is -2.17. The first-order valence-corrected chi connectivity index (χ1v) is 6.49. The zero-order valence-corrected chi connectivity index (χ0v) is 11.7. The van der Waals surface area contributed by atoms with E-state index in [1.165, 1.54) is 7.11 Å². The fourth-order valence-electron chi connectivity index (χ4n) is 2.41. The fraction of sp³-hybridized carbons (Fsp3) is 0.500. The number of carbonyl (C=O) groups excluding carboxylic acids is 1. The van der Waals surface area contributed by atoms with Crippen LogP contribution in [0.5, 0.6) is 11.5 Å². The molecule has 0 saturated carbocycles. The van der Waals surface area contributed by atoms with Gasteiger partial charge in [0.2, 0.25) is 0 Å². The summed E-state index contributed by atoms with van der Waals surface area (Å²) >= 11 is 0. The van der Waals surface area contributed by atoms with Gasteiger partial charge in [-0.3, -0.25) is 4.79 Å². The molecule has 1 aromatic rings. The van der Waals surface area contributed by atoms with Crippen LogP contribution >= 0.6 is 0 Å². The summed E-state index contributed by atoms with van der Waals surface area (Å²) in [5, 5.41) is 3.02. The molecule has 21 heavy (non-hydrogen) atoms. The second-order valence-corrected chi connectivity index (χ2v) is 4.76. The van der Waals surface area contributed by atoms with Crippen LogP contribution in [0.1, 0.15) is 28.8 Å². The van der Waals surface area contributed by atoms with Gasteiger partial charge in [0, 0.05) is 0 Å². The van der Waals surface area contributed by atoms with Crippen LogP contribution in [-0.2, 0) is 6.18 Å². The SMILES string of the molecule is COc1cc(C(F)(F)F)c(OC)cc1C(=O)C1CCCN1. The van der Waals surface area contributed by atoms with Crippen molar-refractivity contribution >= 4 is 5.78 Å². The average molecular weight is 303 g/mol. The summed E-state index contributed by atoms with van der Waals surface area (Å²) < 4.78 is 48.6. The molecule has 4 nitrogen and oxygen atoms in total. The molecule has 1 aliphatic rings. The predicted octanol–water partition coefficient (Wildman–Crippen LogP) is 2.66. The van der Waals surface area contributed by atoms with Crippen LogP contribution in [0.4, 0.5) is 13.2 Å². The van der Waals surface area contributed by atoms with Gasteiger partial charge in [0.1, 0.15) is 17.1 Å². The topological polar surface area (TPSA) is 47.6 Å². The van der Waals surface area contributed by atoms with Gasteiger partial charge in [0.05, 0.1) is 25.8 Å². The van der Waals surface area contributed by atoms with Crippen LogP contribution < -0.4 is 14.8 Å². The Kier molecular flexibility index (Phi) is 4.41. The second-order valence-electron chi connectivity index (χ2n) is 4.76. The molecule has 1 aliphatic heterocycles. The van der Waals surface area contributed by atoms with Gasteiger partial charge in [-0.2, -0.15) is 13.2 Å². The van der Waals surface area contributed by atoms with E-state index in [9.17, 15) is 18.0 Å². The molecule has 0 spiro atoms. The number of methoxy groups -OCH3 is 2. The van der Waals surface area contributed by atoms with Crippen molar-refractivity contribution in [3.8, 4) is 11.5 Å². The van der Waals surface area contributed by atoms with E-state index in [0.717, 1.165) is 32.2 Å². The highest BCUT2D eigenvalue weighted by Gasteiger charge is 2.37. The van der Waals surface area contributed by atoms with E-state index >= 15 is 0 Å². The highest BCUT2D eigenvalue weighted by molar-refractivity contribution is 6.03. The lowest BCUT2D eigenvalue weighted by atomic mass is 9.99. The minimum Gasteiger partial charge on any atom is -0.496 e. The molecule has 0 aromatic heterocycles. The molecule has 0 bridgehead atoms. The number of hydrogen-bond donors (Lipinski definition) is 1. The summed E-state index contributed by atoms with van der Waals surface area (Å²) in [5.74, 6) is -0.761. The molecule has 7 heteroatoms. The highest BCUT2D eigenvalue weighted by atomic mass is 19.4. The molecular weight excluding hydrogens is 287 g/mol. The summed E-state index contributed by atoms with van der Waals surface area (Å²) in [7, 11) is 2.37. The number of carbonyl (C=O) groups is 1. The summed E-state index contributed by atoms with van der Waals surface area (Å²) in [6, 6.07) is 1.52. The third-order valence-electron chi connectivity index (χ3n) is 3.47. The molecule has 1 heterocycles. The van der Waals surface area contributed by atoms with Crippen molar-refractivity contribution in [2.45, 2.75) is 25.1 Å². The molecule has 1 unspecified atom stereocenters. The van der Waals surface area contributed by atoms with Crippen LogP contribution in [-0.4, -0.2) is 32.6 Å². The van der Waals surface area contributed by atoms with Gasteiger partial charge in [-0.05, 0) is 31.5 Å². The molecule has 116 valence electrons. The largest absolute Gasteiger partial charge is 0.496 e. The Morgan fingerprint density at radius 3 is 2.38 bits per heavy atom. The van der Waals surface area contributed by atoms with E-state index in [2.05, 4.69) is 5.32 Å². The first-order chi connectivity index (χ1) is 9.88. The van der Waals surface area contributed by atoms with Gasteiger partial charge in [-0.25, -0.2) is 0 Å². The number of halogens is 3. The maximum Gasteiger partial charge on any atom is 0.420 e. The van der Waals surface area contributed by atoms with Crippen molar-refractivity contribution in [3.63, 3.8) is 0 Å². The molecule has 2 rings (SSSR count). The quantitative estimate of drug-likeness (QED) is 0.869. The Labute approximate surface area is 120 Å². The Balaban J connectivity index is 2.48. The summed E-state index contributed by atoms with van der Waals surface area (Å²) in [4.78, 5) is 12.4. The molecule has 1 aromatic carbocycles. The van der Waals surface area contributed by atoms with Crippen molar-refractivity contribution in [2.75, 3.05) is 20.8 Å². The van der Waals surface area contributed by atoms with Gasteiger partial charge in [0.15, 0.2) is 5.78 Å². The number of alkyl halides is 3. The zero-order chi connectivity index (χ0) is 15.6. The molecule has 1 saturated heterocycles. The van der Waals surface area contributed by atoms with Crippen LogP contribution in [0.25, 0.3) is 0 Å². The smallest absolute Gasteiger partial charge is 0.420 e. The van der Waals surface area contributed by atoms with Crippen molar-refractivity contribution in [1.29, 1.82) is 0 Å². The molecule has 1 N–H and O–H groups in total. The molecule has 0 amide bonds. The molecule has 1 atom stereocenters. The van der Waals surface area contributed by atoms with Crippen molar-refractivity contribution in [2.24, 2.45) is 0 Å². The maximum atomic E-state index is 13.0. The van der Waals surface area contributed by atoms with Gasteiger partial charge in [0.25, 0.3) is 0 Å². The number of Topliss-reactive ketones (excluding diaryl/α,β-unsaturated/α-hetero) is 1. The van der Waals surface area contributed by atoms with Gasteiger partial charge < -0.3 is 14.8 Å². The van der Waals surface area contributed by atoms with Crippen LogP contribution in [0.15, 0.2) is 12.1 Å². The van der Waals surface area contributed by atoms with Crippen molar-refractivity contribution < 1.29 is 27.4 Å². The average Bonchev–Trinajstić information content (AvgIpc) is 2.98. The Morgan fingerprint density at radius 2 is 1.90 bits per heavy atom. The van der Waals surface area contributed by atoms with Crippen LogP contribution in [0.3, 0.4) is 0 Å². The first kappa shape index (κ1) is 15.6. The predicted molar refractivity (Wildman–Crippen MR) is 69.9 cm³/mol. The minimum absolute atomic E-state index is 0.0955. The van der Waals surface area contributed by atoms with E-state index in [-0.39, 0.29) is 28.9 Å². The number of nitrogens with one attached hydrogen (secondary N) is 1. The minimum atomic E-state index is -4.58. The molecule has 0 aliphatic carbocycles. The number of ketones is 1. The second kappa shape index (κ2) is 5.93. The molecular formula is C14H16F3NO3. The highest BCUT2D eigenvalue weighted by Crippen LogP contribution is 2.40. The van der Waals surface area contributed by atoms with E-state index in [1.807, 2.05) is 0 Å². The van der Waals surface area contributed by atoms with Gasteiger partial charge in [-0.1, -0.05) is 0 Å². The Morgan fingerprint density at radius 1 is 1.24 bits per heavy atom. The van der Waals surface area contributed by atoms with E-state index in [1.54, 1.807) is 0 Å². The third kappa shape index (κ3) is 3.12. The van der Waals surface area contributed by atoms with Crippen molar-refractivity contribution in [3.05, 3.63) is 23.3 Å². The first-order valence-electron chi connectivity index (χ1n) is 6.49. The summed E-state index contributed by atoms with van der Waals surface area (Å²) in [5.41, 5.74) is -0.862. The molecule has 1 fully saturated rings. The monoisotopic (exact) mass is 303 g/mol. The molecule has 0 radical (unpaired) electrons. The number of ether oxygens (including phenoxy) is 2. The Bertz CT molecular complexity index is 537. The number of benzene rings is 1. The van der Waals surface area contributed by atoms with E-state index in [0.29, 0.717) is 6.42 Å². The van der Waals surface area contributed by atoms with Gasteiger partial charge in [-0.15, -0.1) is 0 Å². The third-order valence-corrected chi connectivity index (χ3v) is 3.47. The van der Waals surface area contributed by atoms with Gasteiger partial charge >= 0.3 is 6.18 Å².